The molecule has 2 aromatic carbocycles. The molecular weight excluding hydrogens is 267 g/mol. The number of rotatable bonds is 2. The van der Waals surface area contributed by atoms with Crippen LogP contribution in [0.5, 0.6) is 0 Å². The molecule has 0 saturated carbocycles. The fourth-order valence-electron chi connectivity index (χ4n) is 2.55. The average molecular weight is 284 g/mol. The number of benzene rings is 2. The Balaban J connectivity index is 1.80. The van der Waals surface area contributed by atoms with E-state index in [1.165, 1.54) is 17.2 Å². The Kier molecular flexibility index (Phi) is 3.71. The number of carbonyl (C=O) groups excluding carboxylic acids is 1. The van der Waals surface area contributed by atoms with Crippen LogP contribution in [-0.2, 0) is 13.0 Å². The predicted octanol–water partition coefficient (Wildman–Crippen LogP) is 3.03. The Morgan fingerprint density at radius 2 is 2.05 bits per heavy atom. The van der Waals surface area contributed by atoms with Crippen molar-refractivity contribution < 1.29 is 9.18 Å². The van der Waals surface area contributed by atoms with E-state index in [0.717, 1.165) is 19.5 Å². The molecule has 1 heterocycles. The van der Waals surface area contributed by atoms with Gasteiger partial charge in [-0.15, -0.1) is 0 Å². The minimum atomic E-state index is -0.271. The van der Waals surface area contributed by atoms with Crippen molar-refractivity contribution >= 4 is 11.6 Å². The fourth-order valence-corrected chi connectivity index (χ4v) is 2.55. The smallest absolute Gasteiger partial charge is 0.255 e. The number of fused-ring (bicyclic) bond motifs is 1. The number of halogens is 1. The molecule has 0 bridgehead atoms. The van der Waals surface area contributed by atoms with Crippen molar-refractivity contribution in [3.63, 3.8) is 0 Å². The van der Waals surface area contributed by atoms with Gasteiger partial charge in [-0.25, -0.2) is 4.39 Å². The highest BCUT2D eigenvalue weighted by Gasteiger charge is 2.13. The molecule has 0 unspecified atom stereocenters. The van der Waals surface area contributed by atoms with Gasteiger partial charge < -0.3 is 10.6 Å². The monoisotopic (exact) mass is 284 g/mol. The van der Waals surface area contributed by atoms with Gasteiger partial charge >= 0.3 is 0 Å². The van der Waals surface area contributed by atoms with Gasteiger partial charge in [-0.3, -0.25) is 4.79 Å². The lowest BCUT2D eigenvalue weighted by Crippen LogP contribution is -2.24. The van der Waals surface area contributed by atoms with Crippen LogP contribution in [0.1, 0.15) is 27.0 Å². The van der Waals surface area contributed by atoms with Crippen molar-refractivity contribution in [3.8, 4) is 0 Å². The molecule has 4 heteroatoms. The van der Waals surface area contributed by atoms with Gasteiger partial charge in [0.2, 0.25) is 0 Å². The lowest BCUT2D eigenvalue weighted by Gasteiger charge is -2.17. The zero-order valence-corrected chi connectivity index (χ0v) is 11.9. The lowest BCUT2D eigenvalue weighted by molar-refractivity contribution is 0.102. The molecule has 0 radical (unpaired) electrons. The summed E-state index contributed by atoms with van der Waals surface area (Å²) < 4.78 is 13.2. The van der Waals surface area contributed by atoms with E-state index in [0.29, 0.717) is 16.8 Å². The standard InChI is InChI=1S/C17H17FN2O/c1-11-8-15(4-5-16(11)18)20-17(21)13-3-2-12-6-7-19-10-14(12)9-13/h2-5,8-9,19H,6-7,10H2,1H3,(H,20,21). The predicted molar refractivity (Wildman–Crippen MR) is 80.9 cm³/mol. The van der Waals surface area contributed by atoms with Gasteiger partial charge in [0.1, 0.15) is 5.82 Å². The Morgan fingerprint density at radius 3 is 2.86 bits per heavy atom. The third-order valence-corrected chi connectivity index (χ3v) is 3.77. The maximum atomic E-state index is 13.2. The second kappa shape index (κ2) is 5.66. The van der Waals surface area contributed by atoms with Crippen LogP contribution < -0.4 is 10.6 Å². The Morgan fingerprint density at radius 1 is 1.19 bits per heavy atom. The van der Waals surface area contributed by atoms with E-state index in [9.17, 15) is 9.18 Å². The topological polar surface area (TPSA) is 41.1 Å². The van der Waals surface area contributed by atoms with Crippen molar-refractivity contribution in [3.05, 3.63) is 64.5 Å². The highest BCUT2D eigenvalue weighted by atomic mass is 19.1. The van der Waals surface area contributed by atoms with Gasteiger partial charge in [-0.05, 0) is 66.9 Å². The van der Waals surface area contributed by atoms with Crippen LogP contribution in [0.4, 0.5) is 10.1 Å². The second-order valence-electron chi connectivity index (χ2n) is 5.33. The molecule has 21 heavy (non-hydrogen) atoms. The third-order valence-electron chi connectivity index (χ3n) is 3.77. The summed E-state index contributed by atoms with van der Waals surface area (Å²) in [4.78, 5) is 12.3. The second-order valence-corrected chi connectivity index (χ2v) is 5.33. The van der Waals surface area contributed by atoms with Crippen molar-refractivity contribution in [1.29, 1.82) is 0 Å². The van der Waals surface area contributed by atoms with Crippen molar-refractivity contribution in [1.82, 2.24) is 5.32 Å². The van der Waals surface area contributed by atoms with Gasteiger partial charge in [-0.2, -0.15) is 0 Å². The normalized spacial score (nSPS) is 13.6. The lowest BCUT2D eigenvalue weighted by atomic mass is 9.98. The number of aryl methyl sites for hydroxylation is 1. The first-order valence-electron chi connectivity index (χ1n) is 7.03. The van der Waals surface area contributed by atoms with Crippen molar-refractivity contribution in [2.24, 2.45) is 0 Å². The number of nitrogens with one attached hydrogen (secondary N) is 2. The molecule has 0 atom stereocenters. The summed E-state index contributed by atoms with van der Waals surface area (Å²) in [7, 11) is 0. The van der Waals surface area contributed by atoms with Crippen LogP contribution in [0.2, 0.25) is 0 Å². The van der Waals surface area contributed by atoms with Gasteiger partial charge in [0, 0.05) is 17.8 Å². The molecule has 108 valence electrons. The highest BCUT2D eigenvalue weighted by Crippen LogP contribution is 2.18. The van der Waals surface area contributed by atoms with Crippen LogP contribution in [0.25, 0.3) is 0 Å². The summed E-state index contributed by atoms with van der Waals surface area (Å²) in [5, 5.41) is 6.10. The minimum absolute atomic E-state index is 0.172. The van der Waals surface area contributed by atoms with E-state index < -0.39 is 0 Å². The first-order chi connectivity index (χ1) is 10.1. The molecule has 1 aliphatic heterocycles. The first kappa shape index (κ1) is 13.8. The maximum absolute atomic E-state index is 13.2. The molecule has 0 fully saturated rings. The molecule has 3 nitrogen and oxygen atoms in total. The summed E-state index contributed by atoms with van der Waals surface area (Å²) in [5.74, 6) is -0.442. The Hall–Kier alpha value is -2.20. The zero-order valence-electron chi connectivity index (χ0n) is 11.9. The summed E-state index contributed by atoms with van der Waals surface area (Å²) in [6.07, 6.45) is 0.994. The summed E-state index contributed by atoms with van der Waals surface area (Å²) in [6, 6.07) is 10.3. The summed E-state index contributed by atoms with van der Waals surface area (Å²) in [6.45, 7) is 3.45. The molecule has 1 amide bonds. The van der Waals surface area contributed by atoms with E-state index >= 15 is 0 Å². The van der Waals surface area contributed by atoms with Crippen LogP contribution >= 0.6 is 0 Å². The molecule has 0 saturated heterocycles. The molecule has 0 spiro atoms. The third kappa shape index (κ3) is 2.95. The van der Waals surface area contributed by atoms with Gasteiger partial charge in [0.05, 0.1) is 0 Å². The van der Waals surface area contributed by atoms with Gasteiger partial charge in [0.25, 0.3) is 5.91 Å². The largest absolute Gasteiger partial charge is 0.322 e. The van der Waals surface area contributed by atoms with Crippen LogP contribution in [0.15, 0.2) is 36.4 Å². The van der Waals surface area contributed by atoms with Crippen molar-refractivity contribution in [2.75, 3.05) is 11.9 Å². The summed E-state index contributed by atoms with van der Waals surface area (Å²) in [5.41, 5.74) is 4.21. The number of carbonyl (C=O) groups is 1. The quantitative estimate of drug-likeness (QED) is 0.890. The highest BCUT2D eigenvalue weighted by molar-refractivity contribution is 6.04. The first-order valence-corrected chi connectivity index (χ1v) is 7.03. The average Bonchev–Trinajstić information content (AvgIpc) is 2.50. The van der Waals surface area contributed by atoms with E-state index in [4.69, 9.17) is 0 Å². The SMILES string of the molecule is Cc1cc(NC(=O)c2ccc3c(c2)CNCC3)ccc1F. The minimum Gasteiger partial charge on any atom is -0.322 e. The maximum Gasteiger partial charge on any atom is 0.255 e. The number of amides is 1. The zero-order chi connectivity index (χ0) is 14.8. The molecule has 0 aliphatic carbocycles. The van der Waals surface area contributed by atoms with E-state index in [2.05, 4.69) is 10.6 Å². The summed E-state index contributed by atoms with van der Waals surface area (Å²) >= 11 is 0. The molecule has 2 aromatic rings. The van der Waals surface area contributed by atoms with Crippen LogP contribution in [0.3, 0.4) is 0 Å². The molecule has 3 rings (SSSR count). The van der Waals surface area contributed by atoms with Crippen molar-refractivity contribution in [2.45, 2.75) is 19.9 Å². The van der Waals surface area contributed by atoms with Gasteiger partial charge in [-0.1, -0.05) is 6.07 Å². The Bertz CT molecular complexity index is 697. The molecule has 2 N–H and O–H groups in total. The van der Waals surface area contributed by atoms with Gasteiger partial charge in [0.15, 0.2) is 0 Å². The van der Waals surface area contributed by atoms with E-state index in [1.54, 1.807) is 19.1 Å². The van der Waals surface area contributed by atoms with Crippen LogP contribution in [-0.4, -0.2) is 12.5 Å². The van der Waals surface area contributed by atoms with Crippen LogP contribution in [0, 0.1) is 12.7 Å². The fraction of sp³-hybridized carbons (Fsp3) is 0.235. The number of anilines is 1. The number of hydrogen-bond acceptors (Lipinski definition) is 2. The van der Waals surface area contributed by atoms with E-state index in [-0.39, 0.29) is 11.7 Å². The Labute approximate surface area is 123 Å². The molecule has 0 aromatic heterocycles. The van der Waals surface area contributed by atoms with E-state index in [1.807, 2.05) is 18.2 Å². The number of hydrogen-bond donors (Lipinski definition) is 2. The molecule has 1 aliphatic rings. The molecular formula is C17H17FN2O.